The summed E-state index contributed by atoms with van der Waals surface area (Å²) in [5, 5.41) is 16.4. The third-order valence-electron chi connectivity index (χ3n) is 6.21. The molecule has 0 aromatic heterocycles. The number of carbonyl (C=O) groups excluding carboxylic acids is 4. The van der Waals surface area contributed by atoms with Gasteiger partial charge in [-0.25, -0.2) is 9.59 Å². The van der Waals surface area contributed by atoms with Crippen molar-refractivity contribution < 1.29 is 101 Å². The van der Waals surface area contributed by atoms with Gasteiger partial charge in [-0.2, -0.15) is 52.7 Å². The molecule has 0 spiro atoms. The molecule has 0 aliphatic rings. The summed E-state index contributed by atoms with van der Waals surface area (Å²) in [5.41, 5.74) is 0. The number of carboxylic acids is 2. The molecule has 0 heterocycles. The lowest BCUT2D eigenvalue weighted by Crippen LogP contribution is -2.72. The highest BCUT2D eigenvalue weighted by Gasteiger charge is 2.92. The Kier molecular flexibility index (Phi) is 15.7. The molecule has 0 aliphatic carbocycles. The van der Waals surface area contributed by atoms with E-state index in [9.17, 15) is 81.5 Å². The number of alkyl halides is 12. The monoisotopic (exact) mass is 716 g/mol. The average molecular weight is 716 g/mol. The van der Waals surface area contributed by atoms with Gasteiger partial charge in [-0.15, -0.1) is 0 Å². The van der Waals surface area contributed by atoms with Crippen LogP contribution in [0.1, 0.15) is 83.5 Å². The number of halogens is 12. The van der Waals surface area contributed by atoms with E-state index in [-0.39, 0.29) is 51.4 Å². The van der Waals surface area contributed by atoms with E-state index in [1.54, 1.807) is 0 Å². The molecule has 0 radical (unpaired) electrons. The Bertz CT molecular complexity index is 1140. The highest BCUT2D eigenvalue weighted by Crippen LogP contribution is 2.60. The fourth-order valence-corrected chi connectivity index (χ4v) is 3.47. The Balaban J connectivity index is 4.77. The van der Waals surface area contributed by atoms with Gasteiger partial charge in [0.05, 0.1) is 0 Å². The summed E-state index contributed by atoms with van der Waals surface area (Å²) < 4.78 is 170. The van der Waals surface area contributed by atoms with Gasteiger partial charge in [-0.3, -0.25) is 19.2 Å². The highest BCUT2D eigenvalue weighted by atomic mass is 19.4. The predicted octanol–water partition coefficient (Wildman–Crippen LogP) is 6.18. The zero-order chi connectivity index (χ0) is 37.1. The number of carboxylic acid groups (broad SMARTS) is 2. The van der Waals surface area contributed by atoms with Crippen molar-refractivity contribution in [2.24, 2.45) is 0 Å². The van der Waals surface area contributed by atoms with E-state index in [1.807, 2.05) is 0 Å². The van der Waals surface area contributed by atoms with Crippen LogP contribution in [0, 0.1) is 0 Å². The van der Waals surface area contributed by atoms with E-state index in [2.05, 4.69) is 9.47 Å². The largest absolute Gasteiger partial charge is 0.481 e. The molecule has 0 atom stereocenters. The number of esters is 4. The molecule has 2 N–H and O–H groups in total. The summed E-state index contributed by atoms with van der Waals surface area (Å²) in [6.45, 7) is 0. The molecule has 0 aliphatic heterocycles. The third kappa shape index (κ3) is 10.7. The van der Waals surface area contributed by atoms with Crippen molar-refractivity contribution in [2.75, 3.05) is 0 Å². The molecule has 0 aromatic carbocycles. The van der Waals surface area contributed by atoms with Gasteiger partial charge in [0.15, 0.2) is 0 Å². The van der Waals surface area contributed by atoms with Gasteiger partial charge in [-0.05, 0) is 25.7 Å². The van der Waals surface area contributed by atoms with Gasteiger partial charge in [0.25, 0.3) is 0 Å². The van der Waals surface area contributed by atoms with E-state index >= 15 is 0 Å². The number of hydrogen-bond acceptors (Lipinski definition) is 8. The van der Waals surface area contributed by atoms with Crippen LogP contribution in [0.15, 0.2) is 0 Å². The third-order valence-corrected chi connectivity index (χ3v) is 6.21. The topological polar surface area (TPSA) is 161 Å². The van der Waals surface area contributed by atoms with Crippen LogP contribution in [0.5, 0.6) is 0 Å². The van der Waals surface area contributed by atoms with Crippen molar-refractivity contribution in [3.8, 4) is 0 Å². The minimum absolute atomic E-state index is 0.00284. The molecular weight excluding hydrogens is 688 g/mol. The maximum absolute atomic E-state index is 13.8. The van der Waals surface area contributed by atoms with Crippen molar-refractivity contribution in [2.45, 2.75) is 119 Å². The summed E-state index contributed by atoms with van der Waals surface area (Å²) in [4.78, 5) is 66.5. The first-order valence-electron chi connectivity index (χ1n) is 13.4. The fraction of sp³-hybridized carbons (Fsp3) is 0.760. The van der Waals surface area contributed by atoms with Crippen LogP contribution < -0.4 is 0 Å². The normalized spacial score (nSPS) is 13.2. The minimum Gasteiger partial charge on any atom is -0.481 e. The number of rotatable bonds is 22. The molecule has 0 aromatic rings. The molecule has 0 fully saturated rings. The molecule has 10 nitrogen and oxygen atoms in total. The van der Waals surface area contributed by atoms with Gasteiger partial charge in [0, 0.05) is 25.7 Å². The van der Waals surface area contributed by atoms with E-state index in [1.165, 1.54) is 0 Å². The second kappa shape index (κ2) is 17.0. The molecule has 0 amide bonds. The van der Waals surface area contributed by atoms with Crippen LogP contribution >= 0.6 is 0 Å². The fourth-order valence-electron chi connectivity index (χ4n) is 3.47. The van der Waals surface area contributed by atoms with E-state index in [0.717, 1.165) is 0 Å². The van der Waals surface area contributed by atoms with E-state index in [4.69, 9.17) is 10.2 Å². The number of aliphatic carboxylic acids is 2. The number of carbonyl (C=O) groups is 6. The standard InChI is InChI=1S/C25H28F12O10/c26-20(27,18(43)44)22(30,31)24(34,35)25(36,37)23(32,33)21(28,29)19(45)47-17(42)13-8-3-1-2-7-11-15(40)46-16(41)12-9-5-4-6-10-14(38)39/h1-13H2,(H,38,39)(H,43,44). The lowest BCUT2D eigenvalue weighted by molar-refractivity contribution is -0.417. The molecule has 22 heteroatoms. The van der Waals surface area contributed by atoms with Gasteiger partial charge in [0.1, 0.15) is 0 Å². The Labute approximate surface area is 256 Å². The van der Waals surface area contributed by atoms with Crippen LogP contribution in [0.3, 0.4) is 0 Å². The van der Waals surface area contributed by atoms with Crippen LogP contribution in [-0.4, -0.2) is 81.6 Å². The lowest BCUT2D eigenvalue weighted by atomic mass is 9.91. The maximum atomic E-state index is 13.8. The van der Waals surface area contributed by atoms with Gasteiger partial charge in [0.2, 0.25) is 0 Å². The van der Waals surface area contributed by atoms with Gasteiger partial charge < -0.3 is 19.7 Å². The molecule has 47 heavy (non-hydrogen) atoms. The molecule has 0 unspecified atom stereocenters. The Morgan fingerprint density at radius 2 is 0.702 bits per heavy atom. The van der Waals surface area contributed by atoms with Crippen LogP contribution in [0.4, 0.5) is 52.7 Å². The summed E-state index contributed by atoms with van der Waals surface area (Å²) in [7, 11) is 0. The van der Waals surface area contributed by atoms with Gasteiger partial charge in [-0.1, -0.05) is 32.1 Å². The quantitative estimate of drug-likeness (QED) is 0.0573. The summed E-state index contributed by atoms with van der Waals surface area (Å²) in [6.07, 6.45) is 0.688. The first kappa shape index (κ1) is 43.4. The number of hydrogen-bond donors (Lipinski definition) is 2. The minimum atomic E-state index is -8.24. The number of ether oxygens (including phenoxy) is 2. The Hall–Kier alpha value is -3.62. The van der Waals surface area contributed by atoms with Crippen molar-refractivity contribution >= 4 is 35.8 Å². The number of unbranched alkanes of at least 4 members (excludes halogenated alkanes) is 7. The second-order valence-corrected chi connectivity index (χ2v) is 9.93. The Morgan fingerprint density at radius 1 is 0.404 bits per heavy atom. The van der Waals surface area contributed by atoms with Crippen LogP contribution in [0.2, 0.25) is 0 Å². The van der Waals surface area contributed by atoms with Crippen molar-refractivity contribution in [3.63, 3.8) is 0 Å². The van der Waals surface area contributed by atoms with E-state index in [0.29, 0.717) is 25.7 Å². The molecular formula is C25H28F12O10. The maximum Gasteiger partial charge on any atom is 0.411 e. The molecule has 0 bridgehead atoms. The van der Waals surface area contributed by atoms with Crippen LogP contribution in [0.25, 0.3) is 0 Å². The SMILES string of the molecule is O=C(O)CCCCCCC(=O)OC(=O)CCCCCCCC(=O)OC(=O)C(F)(F)C(F)(F)C(F)(F)C(F)(F)C(F)(F)C(F)(F)C(=O)O. The Morgan fingerprint density at radius 3 is 1.04 bits per heavy atom. The predicted molar refractivity (Wildman–Crippen MR) is 127 cm³/mol. The highest BCUT2D eigenvalue weighted by molar-refractivity contribution is 5.90. The van der Waals surface area contributed by atoms with Crippen molar-refractivity contribution in [1.29, 1.82) is 0 Å². The molecule has 272 valence electrons. The molecule has 0 rings (SSSR count). The van der Waals surface area contributed by atoms with Gasteiger partial charge >= 0.3 is 71.4 Å². The molecule has 0 saturated heterocycles. The summed E-state index contributed by atoms with van der Waals surface area (Å²) in [5.74, 6) is -59.7. The smallest absolute Gasteiger partial charge is 0.411 e. The lowest BCUT2D eigenvalue weighted by Gasteiger charge is -2.39. The first-order valence-corrected chi connectivity index (χ1v) is 13.4. The van der Waals surface area contributed by atoms with Crippen molar-refractivity contribution in [3.05, 3.63) is 0 Å². The average Bonchev–Trinajstić information content (AvgIpc) is 2.93. The molecule has 0 saturated carbocycles. The van der Waals surface area contributed by atoms with Crippen molar-refractivity contribution in [1.82, 2.24) is 0 Å². The first-order chi connectivity index (χ1) is 21.2. The zero-order valence-corrected chi connectivity index (χ0v) is 23.9. The summed E-state index contributed by atoms with van der Waals surface area (Å²) in [6, 6.07) is 0. The zero-order valence-electron chi connectivity index (χ0n) is 23.9. The van der Waals surface area contributed by atoms with E-state index < -0.39 is 77.8 Å². The second-order valence-electron chi connectivity index (χ2n) is 9.93. The summed E-state index contributed by atoms with van der Waals surface area (Å²) >= 11 is 0. The van der Waals surface area contributed by atoms with Crippen LogP contribution in [-0.2, 0) is 38.2 Å².